The summed E-state index contributed by atoms with van der Waals surface area (Å²) < 4.78 is 0. The average Bonchev–Trinajstić information content (AvgIpc) is 2.19. The number of hydrogen-bond donors (Lipinski definition) is 0. The van der Waals surface area contributed by atoms with Crippen LogP contribution in [0, 0.1) is 6.92 Å². The lowest BCUT2D eigenvalue weighted by Gasteiger charge is -1.98. The summed E-state index contributed by atoms with van der Waals surface area (Å²) >= 11 is 0. The van der Waals surface area contributed by atoms with E-state index in [0.717, 1.165) is 17.0 Å². The molecule has 64 valence electrons. The van der Waals surface area contributed by atoms with Crippen LogP contribution in [0.15, 0.2) is 36.9 Å². The van der Waals surface area contributed by atoms with Gasteiger partial charge in [-0.3, -0.25) is 4.98 Å². The van der Waals surface area contributed by atoms with E-state index in [9.17, 15) is 0 Å². The number of nitrogens with zero attached hydrogens (tertiary/aromatic N) is 3. The fourth-order valence-corrected chi connectivity index (χ4v) is 1.13. The van der Waals surface area contributed by atoms with Gasteiger partial charge >= 0.3 is 0 Å². The summed E-state index contributed by atoms with van der Waals surface area (Å²) in [6.45, 7) is 2.00. The second-order valence-electron chi connectivity index (χ2n) is 2.82. The number of rotatable bonds is 1. The Hall–Kier alpha value is -1.77. The molecule has 0 atom stereocenters. The highest BCUT2D eigenvalue weighted by Crippen LogP contribution is 2.12. The van der Waals surface area contributed by atoms with Crippen molar-refractivity contribution < 1.29 is 0 Å². The molecule has 0 N–H and O–H groups in total. The van der Waals surface area contributed by atoms with Crippen molar-refractivity contribution in [3.63, 3.8) is 0 Å². The van der Waals surface area contributed by atoms with Crippen molar-refractivity contribution in [1.82, 2.24) is 15.0 Å². The monoisotopic (exact) mass is 171 g/mol. The molecule has 0 saturated carbocycles. The second kappa shape index (κ2) is 3.31. The van der Waals surface area contributed by atoms with E-state index in [-0.39, 0.29) is 0 Å². The zero-order chi connectivity index (χ0) is 9.10. The molecule has 0 aromatic carbocycles. The first-order chi connectivity index (χ1) is 6.36. The summed E-state index contributed by atoms with van der Waals surface area (Å²) in [6.07, 6.45) is 7.03. The smallest absolute Gasteiger partial charge is 0.160 e. The van der Waals surface area contributed by atoms with Crippen molar-refractivity contribution in [2.24, 2.45) is 0 Å². The highest BCUT2D eigenvalue weighted by Gasteiger charge is 1.98. The molecule has 0 unspecified atom stereocenters. The molecule has 3 heteroatoms. The Morgan fingerprint density at radius 3 is 2.54 bits per heavy atom. The minimum Gasteiger partial charge on any atom is -0.264 e. The predicted octanol–water partition coefficient (Wildman–Crippen LogP) is 1.85. The normalized spacial score (nSPS) is 9.92. The molecule has 0 bridgehead atoms. The molecule has 3 nitrogen and oxygen atoms in total. The number of aryl methyl sites for hydroxylation is 1. The molecule has 0 aliphatic carbocycles. The molecule has 0 aliphatic heterocycles. The lowest BCUT2D eigenvalue weighted by atomic mass is 10.2. The van der Waals surface area contributed by atoms with E-state index in [0.29, 0.717) is 0 Å². The zero-order valence-corrected chi connectivity index (χ0v) is 7.31. The van der Waals surface area contributed by atoms with E-state index in [2.05, 4.69) is 15.0 Å². The highest BCUT2D eigenvalue weighted by molar-refractivity contribution is 5.53. The quantitative estimate of drug-likeness (QED) is 0.657. The first-order valence-corrected chi connectivity index (χ1v) is 4.05. The van der Waals surface area contributed by atoms with Crippen LogP contribution in [-0.2, 0) is 0 Å². The van der Waals surface area contributed by atoms with Gasteiger partial charge in [0.2, 0.25) is 0 Å². The van der Waals surface area contributed by atoms with Gasteiger partial charge in [-0.15, -0.1) is 0 Å². The molecule has 2 rings (SSSR count). The Labute approximate surface area is 76.5 Å². The van der Waals surface area contributed by atoms with E-state index in [1.807, 2.05) is 19.2 Å². The Morgan fingerprint density at radius 1 is 1.08 bits per heavy atom. The minimum atomic E-state index is 0.721. The second-order valence-corrected chi connectivity index (χ2v) is 2.82. The van der Waals surface area contributed by atoms with Crippen molar-refractivity contribution in [3.05, 3.63) is 42.5 Å². The average molecular weight is 171 g/mol. The topological polar surface area (TPSA) is 38.7 Å². The standard InChI is InChI=1S/C10H9N3/c1-8-5-9(7-11-6-8)10-12-3-2-4-13-10/h2-7H,1H3. The number of hydrogen-bond acceptors (Lipinski definition) is 3. The molecule has 0 amide bonds. The van der Waals surface area contributed by atoms with Crippen molar-refractivity contribution in [1.29, 1.82) is 0 Å². The first kappa shape index (κ1) is 7.86. The van der Waals surface area contributed by atoms with Gasteiger partial charge < -0.3 is 0 Å². The lowest BCUT2D eigenvalue weighted by molar-refractivity contribution is 1.16. The van der Waals surface area contributed by atoms with Crippen LogP contribution >= 0.6 is 0 Å². The van der Waals surface area contributed by atoms with Crippen LogP contribution in [0.5, 0.6) is 0 Å². The van der Waals surface area contributed by atoms with Crippen LogP contribution in [-0.4, -0.2) is 15.0 Å². The summed E-state index contributed by atoms with van der Waals surface area (Å²) in [5.41, 5.74) is 2.07. The maximum absolute atomic E-state index is 4.14. The maximum atomic E-state index is 4.14. The highest BCUT2D eigenvalue weighted by atomic mass is 14.9. The number of pyridine rings is 1. The molecular formula is C10H9N3. The largest absolute Gasteiger partial charge is 0.264 e. The van der Waals surface area contributed by atoms with Crippen molar-refractivity contribution in [2.75, 3.05) is 0 Å². The van der Waals surface area contributed by atoms with E-state index in [1.165, 1.54) is 0 Å². The van der Waals surface area contributed by atoms with Crippen LogP contribution in [0.3, 0.4) is 0 Å². The van der Waals surface area contributed by atoms with Gasteiger partial charge in [-0.25, -0.2) is 9.97 Å². The Balaban J connectivity index is 2.48. The summed E-state index contributed by atoms with van der Waals surface area (Å²) in [5.74, 6) is 0.721. The lowest BCUT2D eigenvalue weighted by Crippen LogP contribution is -1.88. The van der Waals surface area contributed by atoms with Gasteiger partial charge in [0.1, 0.15) is 0 Å². The van der Waals surface area contributed by atoms with Gasteiger partial charge in [0.15, 0.2) is 5.82 Å². The molecule has 0 spiro atoms. The molecular weight excluding hydrogens is 162 g/mol. The third kappa shape index (κ3) is 1.69. The van der Waals surface area contributed by atoms with Crippen LogP contribution in [0.1, 0.15) is 5.56 Å². The van der Waals surface area contributed by atoms with Gasteiger partial charge in [0.05, 0.1) is 0 Å². The molecule has 2 aromatic rings. The van der Waals surface area contributed by atoms with Gasteiger partial charge in [-0.05, 0) is 24.6 Å². The Bertz CT molecular complexity index is 398. The van der Waals surface area contributed by atoms with Crippen molar-refractivity contribution >= 4 is 0 Å². The van der Waals surface area contributed by atoms with E-state index >= 15 is 0 Å². The molecule has 13 heavy (non-hydrogen) atoms. The summed E-state index contributed by atoms with van der Waals surface area (Å²) in [5, 5.41) is 0. The summed E-state index contributed by atoms with van der Waals surface area (Å²) in [6, 6.07) is 3.81. The van der Waals surface area contributed by atoms with Gasteiger partial charge in [0.25, 0.3) is 0 Å². The summed E-state index contributed by atoms with van der Waals surface area (Å²) in [7, 11) is 0. The van der Waals surface area contributed by atoms with Crippen molar-refractivity contribution in [2.45, 2.75) is 6.92 Å². The van der Waals surface area contributed by atoms with Crippen LogP contribution in [0.25, 0.3) is 11.4 Å². The SMILES string of the molecule is Cc1cncc(-c2ncccn2)c1. The van der Waals surface area contributed by atoms with Gasteiger partial charge in [0, 0.05) is 30.4 Å². The molecule has 2 heterocycles. The van der Waals surface area contributed by atoms with E-state index in [1.54, 1.807) is 24.7 Å². The minimum absolute atomic E-state index is 0.721. The third-order valence-corrected chi connectivity index (χ3v) is 1.70. The zero-order valence-electron chi connectivity index (χ0n) is 7.31. The summed E-state index contributed by atoms with van der Waals surface area (Å²) in [4.78, 5) is 12.4. The van der Waals surface area contributed by atoms with Gasteiger partial charge in [-0.2, -0.15) is 0 Å². The molecule has 0 radical (unpaired) electrons. The fourth-order valence-electron chi connectivity index (χ4n) is 1.13. The van der Waals surface area contributed by atoms with Crippen LogP contribution < -0.4 is 0 Å². The van der Waals surface area contributed by atoms with Crippen LogP contribution in [0.2, 0.25) is 0 Å². The Kier molecular flexibility index (Phi) is 2.00. The molecule has 2 aromatic heterocycles. The van der Waals surface area contributed by atoms with E-state index in [4.69, 9.17) is 0 Å². The molecule has 0 aliphatic rings. The maximum Gasteiger partial charge on any atom is 0.160 e. The third-order valence-electron chi connectivity index (χ3n) is 1.70. The van der Waals surface area contributed by atoms with E-state index < -0.39 is 0 Å². The fraction of sp³-hybridized carbons (Fsp3) is 0.100. The van der Waals surface area contributed by atoms with Crippen molar-refractivity contribution in [3.8, 4) is 11.4 Å². The number of aromatic nitrogens is 3. The first-order valence-electron chi connectivity index (χ1n) is 4.05. The van der Waals surface area contributed by atoms with Gasteiger partial charge in [-0.1, -0.05) is 0 Å². The van der Waals surface area contributed by atoms with Crippen LogP contribution in [0.4, 0.5) is 0 Å². The molecule has 0 saturated heterocycles. The molecule has 0 fully saturated rings. The Morgan fingerprint density at radius 2 is 1.85 bits per heavy atom. The predicted molar refractivity (Wildman–Crippen MR) is 50.0 cm³/mol.